The number of hydrogen-bond acceptors (Lipinski definition) is 1. The number of benzene rings is 1. The molecule has 3 heteroatoms. The van der Waals surface area contributed by atoms with Gasteiger partial charge in [-0.25, -0.2) is 4.39 Å². The van der Waals surface area contributed by atoms with Gasteiger partial charge in [-0.15, -0.1) is 0 Å². The summed E-state index contributed by atoms with van der Waals surface area (Å²) in [5.74, 6) is -0.373. The first-order valence-corrected chi connectivity index (χ1v) is 3.94. The van der Waals surface area contributed by atoms with Gasteiger partial charge in [0.15, 0.2) is 0 Å². The van der Waals surface area contributed by atoms with Gasteiger partial charge >= 0.3 is 0 Å². The lowest BCUT2D eigenvalue weighted by atomic mass is 10.1. The molecule has 1 amide bonds. The van der Waals surface area contributed by atoms with Crippen LogP contribution in [0, 0.1) is 5.82 Å². The number of β-lactam (4-membered cyclic amide) rings is 1. The molecule has 1 fully saturated rings. The molecule has 1 saturated heterocycles. The molecule has 0 atom stereocenters. The van der Waals surface area contributed by atoms with E-state index in [1.807, 2.05) is 0 Å². The highest BCUT2D eigenvalue weighted by atomic mass is 19.1. The molecule has 0 radical (unpaired) electrons. The molecule has 0 spiro atoms. The molecule has 1 heterocycles. The Morgan fingerprint density at radius 3 is 2.38 bits per heavy atom. The van der Waals surface area contributed by atoms with Crippen LogP contribution >= 0.6 is 0 Å². The first kappa shape index (κ1) is 7.98. The zero-order chi connectivity index (χ0) is 9.42. The van der Waals surface area contributed by atoms with Crippen molar-refractivity contribution in [1.82, 2.24) is 0 Å². The van der Waals surface area contributed by atoms with Crippen molar-refractivity contribution < 1.29 is 9.18 Å². The third kappa shape index (κ3) is 1.22. The van der Waals surface area contributed by atoms with Crippen molar-refractivity contribution in [3.63, 3.8) is 0 Å². The number of amides is 1. The second kappa shape index (κ2) is 2.69. The van der Waals surface area contributed by atoms with Crippen LogP contribution < -0.4 is 4.90 Å². The van der Waals surface area contributed by atoms with Gasteiger partial charge in [0, 0.05) is 11.3 Å². The minimum Gasteiger partial charge on any atom is -0.304 e. The normalized spacial score (nSPS) is 15.9. The van der Waals surface area contributed by atoms with E-state index < -0.39 is 0 Å². The molecule has 66 valence electrons. The summed E-state index contributed by atoms with van der Waals surface area (Å²) in [6, 6.07) is 5.84. The lowest BCUT2D eigenvalue weighted by Crippen LogP contribution is -2.45. The second-order valence-electron chi connectivity index (χ2n) is 2.97. The summed E-state index contributed by atoms with van der Waals surface area (Å²) < 4.78 is 12.5. The maximum absolute atomic E-state index is 12.5. The molecule has 13 heavy (non-hydrogen) atoms. The van der Waals surface area contributed by atoms with E-state index >= 15 is 0 Å². The molecule has 1 aliphatic rings. The quantitative estimate of drug-likeness (QED) is 0.472. The number of hydrogen-bond donors (Lipinski definition) is 0. The van der Waals surface area contributed by atoms with E-state index in [9.17, 15) is 9.18 Å². The summed E-state index contributed by atoms with van der Waals surface area (Å²) in [6.07, 6.45) is 0. The highest BCUT2D eigenvalue weighted by Crippen LogP contribution is 2.24. The minimum absolute atomic E-state index is 0.0772. The Bertz CT molecular complexity index is 369. The zero-order valence-electron chi connectivity index (χ0n) is 6.96. The molecule has 1 aliphatic heterocycles. The van der Waals surface area contributed by atoms with Crippen molar-refractivity contribution in [2.75, 3.05) is 11.4 Å². The van der Waals surface area contributed by atoms with E-state index in [1.165, 1.54) is 12.1 Å². The Labute approximate surface area is 75.3 Å². The number of rotatable bonds is 1. The average Bonchev–Trinajstić information content (AvgIpc) is 2.15. The maximum Gasteiger partial charge on any atom is 0.255 e. The molecule has 2 nitrogen and oxygen atoms in total. The molecule has 1 aromatic carbocycles. The van der Waals surface area contributed by atoms with Crippen LogP contribution in [0.2, 0.25) is 0 Å². The van der Waals surface area contributed by atoms with Crippen LogP contribution in [-0.4, -0.2) is 12.5 Å². The van der Waals surface area contributed by atoms with Gasteiger partial charge in [0.1, 0.15) is 5.82 Å². The van der Waals surface area contributed by atoms with Gasteiger partial charge in [-0.3, -0.25) is 4.79 Å². The largest absolute Gasteiger partial charge is 0.304 e. The molecular weight excluding hydrogens is 169 g/mol. The lowest BCUT2D eigenvalue weighted by molar-refractivity contribution is -0.117. The molecule has 0 bridgehead atoms. The topological polar surface area (TPSA) is 20.3 Å². The first-order valence-electron chi connectivity index (χ1n) is 3.94. The molecule has 0 N–H and O–H groups in total. The van der Waals surface area contributed by atoms with Crippen LogP contribution in [0.3, 0.4) is 0 Å². The molecular formula is C10H8FNO. The molecule has 1 aromatic rings. The van der Waals surface area contributed by atoms with Gasteiger partial charge in [-0.1, -0.05) is 6.58 Å². The van der Waals surface area contributed by atoms with Gasteiger partial charge in [0.25, 0.3) is 5.91 Å². The van der Waals surface area contributed by atoms with Crippen molar-refractivity contribution in [3.05, 3.63) is 42.2 Å². The zero-order valence-corrected chi connectivity index (χ0v) is 6.96. The average molecular weight is 177 g/mol. The second-order valence-corrected chi connectivity index (χ2v) is 2.97. The number of carbonyl (C=O) groups is 1. The Hall–Kier alpha value is -1.64. The van der Waals surface area contributed by atoms with Crippen molar-refractivity contribution in [1.29, 1.82) is 0 Å². The Morgan fingerprint density at radius 2 is 1.92 bits per heavy atom. The summed E-state index contributed by atoms with van der Waals surface area (Å²) in [5, 5.41) is 0. The van der Waals surface area contributed by atoms with Crippen LogP contribution in [0.5, 0.6) is 0 Å². The van der Waals surface area contributed by atoms with E-state index in [-0.39, 0.29) is 11.7 Å². The molecule has 0 unspecified atom stereocenters. The van der Waals surface area contributed by atoms with E-state index in [0.29, 0.717) is 12.1 Å². The van der Waals surface area contributed by atoms with Crippen molar-refractivity contribution in [2.24, 2.45) is 0 Å². The van der Waals surface area contributed by atoms with E-state index in [1.54, 1.807) is 17.0 Å². The van der Waals surface area contributed by atoms with Crippen LogP contribution in [-0.2, 0) is 4.79 Å². The smallest absolute Gasteiger partial charge is 0.255 e. The predicted octanol–water partition coefficient (Wildman–Crippen LogP) is 1.73. The van der Waals surface area contributed by atoms with Gasteiger partial charge in [-0.2, -0.15) is 0 Å². The van der Waals surface area contributed by atoms with E-state index in [2.05, 4.69) is 6.58 Å². The Balaban J connectivity index is 2.23. The van der Waals surface area contributed by atoms with E-state index in [0.717, 1.165) is 5.69 Å². The van der Waals surface area contributed by atoms with Crippen molar-refractivity contribution in [2.45, 2.75) is 0 Å². The van der Waals surface area contributed by atoms with Crippen LogP contribution in [0.1, 0.15) is 0 Å². The van der Waals surface area contributed by atoms with Crippen LogP contribution in [0.4, 0.5) is 10.1 Å². The standard InChI is InChI=1S/C10H8FNO/c1-7-6-12(10(7)13)9-4-2-8(11)3-5-9/h2-5H,1,6H2. The Kier molecular flexibility index (Phi) is 1.65. The number of carbonyl (C=O) groups excluding carboxylic acids is 1. The number of anilines is 1. The fourth-order valence-electron chi connectivity index (χ4n) is 1.26. The van der Waals surface area contributed by atoms with Gasteiger partial charge in [-0.05, 0) is 24.3 Å². The minimum atomic E-state index is -0.296. The Morgan fingerprint density at radius 1 is 1.31 bits per heavy atom. The summed E-state index contributed by atoms with van der Waals surface area (Å²) >= 11 is 0. The third-order valence-corrected chi connectivity index (χ3v) is 2.03. The molecule has 0 saturated carbocycles. The fraction of sp³-hybridized carbons (Fsp3) is 0.100. The van der Waals surface area contributed by atoms with Gasteiger partial charge in [0.2, 0.25) is 0 Å². The summed E-state index contributed by atoms with van der Waals surface area (Å²) in [7, 11) is 0. The molecule has 0 aliphatic carbocycles. The maximum atomic E-state index is 12.5. The molecule has 2 rings (SSSR count). The van der Waals surface area contributed by atoms with Gasteiger partial charge < -0.3 is 4.90 Å². The summed E-state index contributed by atoms with van der Waals surface area (Å²) in [5.41, 5.74) is 1.32. The summed E-state index contributed by atoms with van der Waals surface area (Å²) in [6.45, 7) is 4.12. The number of halogens is 1. The van der Waals surface area contributed by atoms with Crippen molar-refractivity contribution in [3.8, 4) is 0 Å². The van der Waals surface area contributed by atoms with Crippen LogP contribution in [0.25, 0.3) is 0 Å². The highest BCUT2D eigenvalue weighted by molar-refractivity contribution is 6.13. The third-order valence-electron chi connectivity index (χ3n) is 2.03. The first-order chi connectivity index (χ1) is 6.18. The van der Waals surface area contributed by atoms with Gasteiger partial charge in [0.05, 0.1) is 6.54 Å². The predicted molar refractivity (Wildman–Crippen MR) is 47.9 cm³/mol. The molecule has 0 aromatic heterocycles. The lowest BCUT2D eigenvalue weighted by Gasteiger charge is -2.32. The highest BCUT2D eigenvalue weighted by Gasteiger charge is 2.29. The SMILES string of the molecule is C=C1CN(c2ccc(F)cc2)C1=O. The summed E-state index contributed by atoms with van der Waals surface area (Å²) in [4.78, 5) is 12.7. The van der Waals surface area contributed by atoms with E-state index in [4.69, 9.17) is 0 Å². The monoisotopic (exact) mass is 177 g/mol. The van der Waals surface area contributed by atoms with Crippen LogP contribution in [0.15, 0.2) is 36.4 Å². The van der Waals surface area contributed by atoms with Crippen molar-refractivity contribution >= 4 is 11.6 Å². The number of nitrogens with zero attached hydrogens (tertiary/aromatic N) is 1. The fourth-order valence-corrected chi connectivity index (χ4v) is 1.26.